The van der Waals surface area contributed by atoms with Gasteiger partial charge in [0.1, 0.15) is 17.2 Å². The van der Waals surface area contributed by atoms with Crippen LogP contribution in [0.3, 0.4) is 0 Å². The van der Waals surface area contributed by atoms with Crippen LogP contribution in [-0.2, 0) is 0 Å². The number of aromatic hydroxyl groups is 1. The normalized spacial score (nSPS) is 18.2. The van der Waals surface area contributed by atoms with E-state index < -0.39 is 17.9 Å². The van der Waals surface area contributed by atoms with Crippen molar-refractivity contribution in [3.8, 4) is 22.8 Å². The highest BCUT2D eigenvalue weighted by Crippen LogP contribution is 2.42. The number of allylic oxidation sites excluding steroid dienone is 1. The number of nitrogens with two attached hydrogens (primary N) is 1. The van der Waals surface area contributed by atoms with Gasteiger partial charge < -0.3 is 31.2 Å². The number of phenols is 1. The average Bonchev–Trinajstić information content (AvgIpc) is 2.71. The molecule has 0 unspecified atom stereocenters. The summed E-state index contributed by atoms with van der Waals surface area (Å²) in [6, 6.07) is 5.56. The minimum absolute atomic E-state index is 0.00421. The minimum Gasteiger partial charge on any atom is -0.507 e. The van der Waals surface area contributed by atoms with Crippen LogP contribution in [0.4, 0.5) is 19.0 Å². The molecular formula is C24H31F3N6O2. The number of halogens is 3. The Kier molecular flexibility index (Phi) is 7.03. The molecule has 0 amide bonds. The molecule has 11 heteroatoms. The highest BCUT2D eigenvalue weighted by Gasteiger charge is 2.39. The van der Waals surface area contributed by atoms with Gasteiger partial charge in [0.2, 0.25) is 0 Å². The van der Waals surface area contributed by atoms with E-state index in [2.05, 4.69) is 47.9 Å². The lowest BCUT2D eigenvalue weighted by Crippen LogP contribution is -2.62. The van der Waals surface area contributed by atoms with E-state index in [-0.39, 0.29) is 39.5 Å². The molecule has 3 rings (SSSR count). The van der Waals surface area contributed by atoms with Crippen LogP contribution in [0.1, 0.15) is 46.1 Å². The molecule has 5 N–H and O–H groups in total. The second-order valence-corrected chi connectivity index (χ2v) is 10.0. The Labute approximate surface area is 202 Å². The molecule has 0 aliphatic carbocycles. The van der Waals surface area contributed by atoms with Crippen molar-refractivity contribution >= 4 is 17.6 Å². The van der Waals surface area contributed by atoms with Crippen LogP contribution in [0.25, 0.3) is 16.8 Å². The van der Waals surface area contributed by atoms with Crippen LogP contribution in [0.2, 0.25) is 0 Å². The first-order chi connectivity index (χ1) is 16.1. The van der Waals surface area contributed by atoms with E-state index in [9.17, 15) is 18.3 Å². The van der Waals surface area contributed by atoms with E-state index in [0.29, 0.717) is 5.82 Å². The van der Waals surface area contributed by atoms with Gasteiger partial charge in [-0.05, 0) is 70.4 Å². The summed E-state index contributed by atoms with van der Waals surface area (Å²) in [6.07, 6.45) is -1.37. The standard InChI is InChI=1S/C24H31F3N6O2/c1-22(2)10-16(11-23(3,4)32-22)33(5)20-7-6-17(30-31-20)21-18(34)8-14(15(12-28)13-29)9-19(21)35-24(25,26)27/h6-9,12-13,16,28,32,34H,10-11,29H2,1-5H3/b15-13+,28-12?. The molecule has 1 aromatic heterocycles. The first-order valence-electron chi connectivity index (χ1n) is 11.1. The van der Waals surface area contributed by atoms with E-state index in [1.54, 1.807) is 6.07 Å². The lowest BCUT2D eigenvalue weighted by molar-refractivity contribution is -0.274. The minimum atomic E-state index is -5.01. The van der Waals surface area contributed by atoms with E-state index in [4.69, 9.17) is 11.1 Å². The number of phenolic OH excluding ortho intramolecular Hbond substituents is 1. The molecule has 35 heavy (non-hydrogen) atoms. The number of rotatable bonds is 6. The first kappa shape index (κ1) is 26.3. The number of nitrogens with zero attached hydrogens (tertiary/aromatic N) is 3. The molecule has 190 valence electrons. The number of nitrogens with one attached hydrogen (secondary N) is 2. The maximum atomic E-state index is 13.1. The first-order valence-corrected chi connectivity index (χ1v) is 11.1. The zero-order chi connectivity index (χ0) is 26.2. The van der Waals surface area contributed by atoms with Crippen molar-refractivity contribution in [3.05, 3.63) is 36.0 Å². The molecule has 2 aromatic rings. The number of ether oxygens (including phenoxy) is 1. The highest BCUT2D eigenvalue weighted by molar-refractivity contribution is 6.08. The number of benzene rings is 1. The van der Waals surface area contributed by atoms with E-state index in [0.717, 1.165) is 31.3 Å². The largest absolute Gasteiger partial charge is 0.573 e. The Hall–Kier alpha value is -3.34. The zero-order valence-corrected chi connectivity index (χ0v) is 20.4. The quantitative estimate of drug-likeness (QED) is 0.440. The van der Waals surface area contributed by atoms with Gasteiger partial charge in [-0.3, -0.25) is 0 Å². The fourth-order valence-corrected chi connectivity index (χ4v) is 4.83. The van der Waals surface area contributed by atoms with Crippen molar-refractivity contribution in [1.82, 2.24) is 15.5 Å². The van der Waals surface area contributed by atoms with Gasteiger partial charge in [0.15, 0.2) is 5.82 Å². The molecule has 0 spiro atoms. The fourth-order valence-electron chi connectivity index (χ4n) is 4.83. The van der Waals surface area contributed by atoms with Crippen molar-refractivity contribution in [2.45, 2.75) is 64.0 Å². The molecule has 1 aromatic carbocycles. The van der Waals surface area contributed by atoms with E-state index in [1.807, 2.05) is 11.9 Å². The summed E-state index contributed by atoms with van der Waals surface area (Å²) >= 11 is 0. The molecule has 0 radical (unpaired) electrons. The van der Waals surface area contributed by atoms with Crippen LogP contribution >= 0.6 is 0 Å². The van der Waals surface area contributed by atoms with Crippen LogP contribution in [0, 0.1) is 5.41 Å². The second-order valence-electron chi connectivity index (χ2n) is 10.0. The smallest absolute Gasteiger partial charge is 0.507 e. The summed E-state index contributed by atoms with van der Waals surface area (Å²) in [7, 11) is 1.91. The molecule has 0 saturated carbocycles. The van der Waals surface area contributed by atoms with Gasteiger partial charge >= 0.3 is 6.36 Å². The highest BCUT2D eigenvalue weighted by atomic mass is 19.4. The predicted octanol–water partition coefficient (Wildman–Crippen LogP) is 4.44. The van der Waals surface area contributed by atoms with Gasteiger partial charge in [0.25, 0.3) is 0 Å². The third-order valence-corrected chi connectivity index (χ3v) is 5.96. The zero-order valence-electron chi connectivity index (χ0n) is 20.4. The monoisotopic (exact) mass is 492 g/mol. The molecule has 0 bridgehead atoms. The van der Waals surface area contributed by atoms with E-state index in [1.165, 1.54) is 12.1 Å². The summed E-state index contributed by atoms with van der Waals surface area (Å²) in [5.41, 5.74) is 5.21. The molecule has 8 nitrogen and oxygen atoms in total. The Morgan fingerprint density at radius 1 is 1.20 bits per heavy atom. The fraction of sp³-hybridized carbons (Fsp3) is 0.458. The third kappa shape index (κ3) is 6.21. The lowest BCUT2D eigenvalue weighted by atomic mass is 9.79. The topological polar surface area (TPSA) is 120 Å². The third-order valence-electron chi connectivity index (χ3n) is 5.96. The van der Waals surface area contributed by atoms with Crippen molar-refractivity contribution < 1.29 is 23.0 Å². The van der Waals surface area contributed by atoms with E-state index >= 15 is 0 Å². The summed E-state index contributed by atoms with van der Waals surface area (Å²) in [5, 5.41) is 29.9. The summed E-state index contributed by atoms with van der Waals surface area (Å²) in [6.45, 7) is 8.56. The van der Waals surface area contributed by atoms with Crippen LogP contribution < -0.4 is 20.7 Å². The molecule has 1 fully saturated rings. The predicted molar refractivity (Wildman–Crippen MR) is 129 cm³/mol. The maximum Gasteiger partial charge on any atom is 0.573 e. The number of alkyl halides is 3. The molecule has 0 atom stereocenters. The van der Waals surface area contributed by atoms with Crippen LogP contribution in [-0.4, -0.2) is 52.0 Å². The van der Waals surface area contributed by atoms with Gasteiger partial charge in [-0.1, -0.05) is 0 Å². The van der Waals surface area contributed by atoms with Gasteiger partial charge in [-0.25, -0.2) is 0 Å². The van der Waals surface area contributed by atoms with Crippen LogP contribution in [0.15, 0.2) is 30.5 Å². The SMILES string of the molecule is CN(c1ccc(-c2c(O)cc(/C(C=N)=C/N)cc2OC(F)(F)F)nn1)C1CC(C)(C)NC(C)(C)C1. The summed E-state index contributed by atoms with van der Waals surface area (Å²) in [5.74, 6) is -0.634. The number of hydrogen-bond acceptors (Lipinski definition) is 8. The number of aromatic nitrogens is 2. The van der Waals surface area contributed by atoms with Gasteiger partial charge in [0.05, 0.1) is 5.56 Å². The van der Waals surface area contributed by atoms with Gasteiger partial charge in [0, 0.05) is 42.2 Å². The maximum absolute atomic E-state index is 13.1. The average molecular weight is 493 g/mol. The van der Waals surface area contributed by atoms with Gasteiger partial charge in [-0.15, -0.1) is 23.4 Å². The molecule has 1 aliphatic heterocycles. The number of anilines is 1. The van der Waals surface area contributed by atoms with Crippen molar-refractivity contribution in [1.29, 1.82) is 5.41 Å². The Morgan fingerprint density at radius 2 is 1.83 bits per heavy atom. The number of piperidine rings is 1. The summed E-state index contributed by atoms with van der Waals surface area (Å²) in [4.78, 5) is 2.01. The summed E-state index contributed by atoms with van der Waals surface area (Å²) < 4.78 is 43.6. The molecule has 1 aliphatic rings. The Balaban J connectivity index is 1.98. The molecule has 1 saturated heterocycles. The van der Waals surface area contributed by atoms with Crippen molar-refractivity contribution in [2.24, 2.45) is 5.73 Å². The van der Waals surface area contributed by atoms with Crippen molar-refractivity contribution in [2.75, 3.05) is 11.9 Å². The van der Waals surface area contributed by atoms with Gasteiger partial charge in [-0.2, -0.15) is 0 Å². The second kappa shape index (κ2) is 9.37. The van der Waals surface area contributed by atoms with Crippen molar-refractivity contribution in [3.63, 3.8) is 0 Å². The Bertz CT molecular complexity index is 1100. The molecule has 2 heterocycles. The Morgan fingerprint density at radius 3 is 2.31 bits per heavy atom. The molecular weight excluding hydrogens is 461 g/mol. The number of hydrogen-bond donors (Lipinski definition) is 4. The van der Waals surface area contributed by atoms with Crippen LogP contribution in [0.5, 0.6) is 11.5 Å². The lowest BCUT2D eigenvalue weighted by Gasteiger charge is -2.49.